The number of nitrogens with two attached hydrogens (primary N) is 1. The minimum atomic E-state index is -3.38. The highest BCUT2D eigenvalue weighted by Gasteiger charge is 2.22. The summed E-state index contributed by atoms with van der Waals surface area (Å²) in [7, 11) is 0.0133. The van der Waals surface area contributed by atoms with Gasteiger partial charge in [-0.15, -0.1) is 0 Å². The number of aryl methyl sites for hydroxylation is 1. The van der Waals surface area contributed by atoms with Crippen LogP contribution in [0.5, 0.6) is 0 Å². The van der Waals surface area contributed by atoms with Crippen molar-refractivity contribution in [3.05, 3.63) is 18.0 Å². The maximum absolute atomic E-state index is 12.2. The van der Waals surface area contributed by atoms with Crippen LogP contribution in [0.1, 0.15) is 5.69 Å². The third-order valence-electron chi connectivity index (χ3n) is 2.61. The van der Waals surface area contributed by atoms with E-state index in [4.69, 9.17) is 5.73 Å². The standard InChI is InChI=1S/C10H19N3O2S2/c1-12-8-10(6-9(12)7-11)17(14,15)13(2)4-5-16-3/h6,8H,4-5,7,11H2,1-3H3. The van der Waals surface area contributed by atoms with E-state index in [1.165, 1.54) is 4.31 Å². The summed E-state index contributed by atoms with van der Waals surface area (Å²) in [5.41, 5.74) is 6.34. The average molecular weight is 277 g/mol. The topological polar surface area (TPSA) is 68.3 Å². The van der Waals surface area contributed by atoms with Crippen LogP contribution < -0.4 is 5.73 Å². The first-order chi connectivity index (χ1) is 7.93. The molecule has 0 atom stereocenters. The van der Waals surface area contributed by atoms with E-state index in [9.17, 15) is 8.42 Å². The van der Waals surface area contributed by atoms with Crippen LogP contribution in [0.25, 0.3) is 0 Å². The molecular weight excluding hydrogens is 258 g/mol. The molecule has 0 aromatic carbocycles. The van der Waals surface area contributed by atoms with Crippen molar-refractivity contribution in [1.82, 2.24) is 8.87 Å². The molecule has 2 N–H and O–H groups in total. The first kappa shape index (κ1) is 14.6. The van der Waals surface area contributed by atoms with Crippen LogP contribution >= 0.6 is 11.8 Å². The van der Waals surface area contributed by atoms with Gasteiger partial charge < -0.3 is 10.3 Å². The second-order valence-corrected chi connectivity index (χ2v) is 6.83. The van der Waals surface area contributed by atoms with Gasteiger partial charge in [0, 0.05) is 44.8 Å². The van der Waals surface area contributed by atoms with E-state index in [0.29, 0.717) is 18.0 Å². The minimum Gasteiger partial charge on any atom is -0.352 e. The van der Waals surface area contributed by atoms with Crippen molar-refractivity contribution >= 4 is 21.8 Å². The zero-order valence-corrected chi connectivity index (χ0v) is 12.0. The van der Waals surface area contributed by atoms with E-state index in [1.54, 1.807) is 42.7 Å². The van der Waals surface area contributed by atoms with Crippen molar-refractivity contribution in [2.45, 2.75) is 11.4 Å². The average Bonchev–Trinajstić information content (AvgIpc) is 2.67. The van der Waals surface area contributed by atoms with Crippen LogP contribution in [0.4, 0.5) is 0 Å². The van der Waals surface area contributed by atoms with Gasteiger partial charge in [0.15, 0.2) is 0 Å². The van der Waals surface area contributed by atoms with Crippen molar-refractivity contribution in [2.75, 3.05) is 25.6 Å². The number of thioether (sulfide) groups is 1. The maximum atomic E-state index is 12.2. The molecule has 0 radical (unpaired) electrons. The molecule has 0 fully saturated rings. The number of aromatic nitrogens is 1. The molecule has 1 rings (SSSR count). The predicted molar refractivity (Wildman–Crippen MR) is 71.5 cm³/mol. The Morgan fingerprint density at radius 2 is 2.18 bits per heavy atom. The molecule has 5 nitrogen and oxygen atoms in total. The predicted octanol–water partition coefficient (Wildman–Crippen LogP) is 0.467. The summed E-state index contributed by atoms with van der Waals surface area (Å²) in [4.78, 5) is 0.309. The third kappa shape index (κ3) is 3.25. The first-order valence-electron chi connectivity index (χ1n) is 5.24. The largest absolute Gasteiger partial charge is 0.352 e. The fourth-order valence-corrected chi connectivity index (χ4v) is 3.28. The molecule has 0 aliphatic carbocycles. The van der Waals surface area contributed by atoms with Crippen LogP contribution in [0.3, 0.4) is 0 Å². The molecule has 0 amide bonds. The highest BCUT2D eigenvalue weighted by Crippen LogP contribution is 2.17. The van der Waals surface area contributed by atoms with E-state index in [0.717, 1.165) is 11.4 Å². The minimum absolute atomic E-state index is 0.309. The zero-order valence-electron chi connectivity index (χ0n) is 10.4. The van der Waals surface area contributed by atoms with Gasteiger partial charge in [0.2, 0.25) is 10.0 Å². The van der Waals surface area contributed by atoms with Crippen LogP contribution in [-0.4, -0.2) is 42.9 Å². The molecular formula is C10H19N3O2S2. The number of rotatable bonds is 6. The Bertz CT molecular complexity index is 468. The van der Waals surface area contributed by atoms with Gasteiger partial charge >= 0.3 is 0 Å². The Kier molecular flexibility index (Phi) is 5.05. The molecule has 0 aliphatic rings. The van der Waals surface area contributed by atoms with Gasteiger partial charge in [-0.25, -0.2) is 12.7 Å². The lowest BCUT2D eigenvalue weighted by molar-refractivity contribution is 0.488. The first-order valence-corrected chi connectivity index (χ1v) is 8.07. The summed E-state index contributed by atoms with van der Waals surface area (Å²) in [6, 6.07) is 1.63. The van der Waals surface area contributed by atoms with E-state index in [1.807, 2.05) is 6.26 Å². The molecule has 17 heavy (non-hydrogen) atoms. The van der Waals surface area contributed by atoms with Crippen LogP contribution in [-0.2, 0) is 23.6 Å². The number of hydrogen-bond acceptors (Lipinski definition) is 4. The quantitative estimate of drug-likeness (QED) is 0.820. The van der Waals surface area contributed by atoms with Crippen LogP contribution in [0.15, 0.2) is 17.2 Å². The van der Waals surface area contributed by atoms with Gasteiger partial charge in [-0.05, 0) is 12.3 Å². The lowest BCUT2D eigenvalue weighted by Gasteiger charge is -2.15. The summed E-state index contributed by atoms with van der Waals surface area (Å²) in [5.74, 6) is 0.784. The zero-order chi connectivity index (χ0) is 13.1. The normalized spacial score (nSPS) is 12.3. The molecule has 0 saturated carbocycles. The van der Waals surface area contributed by atoms with E-state index >= 15 is 0 Å². The van der Waals surface area contributed by atoms with E-state index in [2.05, 4.69) is 0 Å². The molecule has 1 heterocycles. The summed E-state index contributed by atoms with van der Waals surface area (Å²) in [6.07, 6.45) is 3.56. The van der Waals surface area contributed by atoms with E-state index in [-0.39, 0.29) is 0 Å². The van der Waals surface area contributed by atoms with Crippen LogP contribution in [0.2, 0.25) is 0 Å². The van der Waals surface area contributed by atoms with Gasteiger partial charge in [0.25, 0.3) is 0 Å². The summed E-state index contributed by atoms with van der Waals surface area (Å²) in [6.45, 7) is 0.844. The Morgan fingerprint density at radius 3 is 2.65 bits per heavy atom. The summed E-state index contributed by atoms with van der Waals surface area (Å²) >= 11 is 1.62. The van der Waals surface area contributed by atoms with Crippen molar-refractivity contribution in [2.24, 2.45) is 12.8 Å². The monoisotopic (exact) mass is 277 g/mol. The van der Waals surface area contributed by atoms with Crippen molar-refractivity contribution in [3.63, 3.8) is 0 Å². The molecule has 0 spiro atoms. The fourth-order valence-electron chi connectivity index (χ4n) is 1.44. The fraction of sp³-hybridized carbons (Fsp3) is 0.600. The number of hydrogen-bond donors (Lipinski definition) is 1. The highest BCUT2D eigenvalue weighted by atomic mass is 32.2. The van der Waals surface area contributed by atoms with Crippen molar-refractivity contribution in [3.8, 4) is 0 Å². The SMILES string of the molecule is CSCCN(C)S(=O)(=O)c1cc(CN)n(C)c1. The Morgan fingerprint density at radius 1 is 1.53 bits per heavy atom. The van der Waals surface area contributed by atoms with Gasteiger partial charge in [-0.3, -0.25) is 0 Å². The van der Waals surface area contributed by atoms with Gasteiger partial charge in [0.05, 0.1) is 0 Å². The Balaban J connectivity index is 2.96. The molecule has 0 aliphatic heterocycles. The lowest BCUT2D eigenvalue weighted by atomic mass is 10.4. The van der Waals surface area contributed by atoms with Crippen molar-refractivity contribution < 1.29 is 8.42 Å². The molecule has 0 unspecified atom stereocenters. The van der Waals surface area contributed by atoms with Gasteiger partial charge in [-0.1, -0.05) is 0 Å². The van der Waals surface area contributed by atoms with Gasteiger partial charge in [-0.2, -0.15) is 11.8 Å². The molecule has 0 bridgehead atoms. The Labute approximate surface area is 107 Å². The number of sulfonamides is 1. The highest BCUT2D eigenvalue weighted by molar-refractivity contribution is 7.98. The molecule has 7 heteroatoms. The number of nitrogens with zero attached hydrogens (tertiary/aromatic N) is 2. The second-order valence-electron chi connectivity index (χ2n) is 3.80. The molecule has 0 saturated heterocycles. The van der Waals surface area contributed by atoms with Crippen LogP contribution in [0, 0.1) is 0 Å². The maximum Gasteiger partial charge on any atom is 0.244 e. The van der Waals surface area contributed by atoms with Crippen molar-refractivity contribution in [1.29, 1.82) is 0 Å². The second kappa shape index (κ2) is 5.90. The Hall–Kier alpha value is -0.500. The lowest BCUT2D eigenvalue weighted by Crippen LogP contribution is -2.28. The van der Waals surface area contributed by atoms with E-state index < -0.39 is 10.0 Å². The summed E-state index contributed by atoms with van der Waals surface area (Å²) in [5, 5.41) is 0. The summed E-state index contributed by atoms with van der Waals surface area (Å²) < 4.78 is 27.5. The molecule has 1 aromatic heterocycles. The molecule has 98 valence electrons. The smallest absolute Gasteiger partial charge is 0.244 e. The molecule has 1 aromatic rings. The van der Waals surface area contributed by atoms with Gasteiger partial charge in [0.1, 0.15) is 4.90 Å². The third-order valence-corrected chi connectivity index (χ3v) is 5.02.